The van der Waals surface area contributed by atoms with E-state index in [4.69, 9.17) is 4.74 Å². The maximum absolute atomic E-state index is 12.0. The number of carbonyl (C=O) groups is 2. The number of hydrogen-bond acceptors (Lipinski definition) is 3. The average molecular weight is 304 g/mol. The summed E-state index contributed by atoms with van der Waals surface area (Å²) in [5, 5.41) is 5.84. The van der Waals surface area contributed by atoms with Crippen LogP contribution in [0.5, 0.6) is 0 Å². The Balaban J connectivity index is 1.87. The number of carbonyl (C=O) groups excluding carboxylic acids is 2. The van der Waals surface area contributed by atoms with Gasteiger partial charge in [0, 0.05) is 11.7 Å². The lowest BCUT2D eigenvalue weighted by molar-refractivity contribution is 0.0526. The van der Waals surface area contributed by atoms with Crippen LogP contribution >= 0.6 is 0 Å². The molecule has 22 heavy (non-hydrogen) atoms. The van der Waals surface area contributed by atoms with E-state index in [0.717, 1.165) is 6.42 Å². The molecular weight excluding hydrogens is 280 g/mol. The van der Waals surface area contributed by atoms with Gasteiger partial charge in [-0.15, -0.1) is 0 Å². The van der Waals surface area contributed by atoms with Gasteiger partial charge in [-0.3, -0.25) is 0 Å². The number of hydrogen-bond donors (Lipinski definition) is 2. The van der Waals surface area contributed by atoms with E-state index < -0.39 is 0 Å². The van der Waals surface area contributed by atoms with Crippen LogP contribution in [0.4, 0.5) is 10.5 Å². The van der Waals surface area contributed by atoms with Crippen LogP contribution in [0.3, 0.4) is 0 Å². The number of ether oxygens (including phenoxy) is 1. The SMILES string of the molecule is CCOC(=O)c1ccc(NC(=O)N[C@@H]2CCCC[C@H]2C)cc1. The first-order valence-electron chi connectivity index (χ1n) is 7.95. The molecule has 0 saturated heterocycles. The summed E-state index contributed by atoms with van der Waals surface area (Å²) in [4.78, 5) is 23.6. The summed E-state index contributed by atoms with van der Waals surface area (Å²) in [7, 11) is 0. The Morgan fingerprint density at radius 3 is 2.50 bits per heavy atom. The van der Waals surface area contributed by atoms with Crippen molar-refractivity contribution >= 4 is 17.7 Å². The molecule has 120 valence electrons. The van der Waals surface area contributed by atoms with Gasteiger partial charge in [-0.1, -0.05) is 19.8 Å². The van der Waals surface area contributed by atoms with E-state index in [-0.39, 0.29) is 18.0 Å². The van der Waals surface area contributed by atoms with Gasteiger partial charge in [-0.25, -0.2) is 9.59 Å². The first kappa shape index (κ1) is 16.3. The Labute approximate surface area is 131 Å². The zero-order valence-electron chi connectivity index (χ0n) is 13.2. The Hall–Kier alpha value is -2.04. The standard InChI is InChI=1S/C17H24N2O3/c1-3-22-16(20)13-8-10-14(11-9-13)18-17(21)19-15-7-5-4-6-12(15)2/h8-12,15H,3-7H2,1-2H3,(H2,18,19,21)/t12-,15-/m1/s1. The molecular formula is C17H24N2O3. The molecule has 1 aliphatic rings. The Bertz CT molecular complexity index is 513. The largest absolute Gasteiger partial charge is 0.462 e. The third kappa shape index (κ3) is 4.48. The van der Waals surface area contributed by atoms with E-state index in [1.807, 2.05) is 0 Å². The van der Waals surface area contributed by atoms with Crippen LogP contribution in [0.15, 0.2) is 24.3 Å². The lowest BCUT2D eigenvalue weighted by Gasteiger charge is -2.29. The Morgan fingerprint density at radius 2 is 1.86 bits per heavy atom. The number of urea groups is 1. The minimum Gasteiger partial charge on any atom is -0.462 e. The molecule has 0 radical (unpaired) electrons. The molecule has 0 bridgehead atoms. The van der Waals surface area contributed by atoms with Gasteiger partial charge in [0.1, 0.15) is 0 Å². The Morgan fingerprint density at radius 1 is 1.18 bits per heavy atom. The van der Waals surface area contributed by atoms with Crippen molar-refractivity contribution in [1.29, 1.82) is 0 Å². The number of rotatable bonds is 4. The highest BCUT2D eigenvalue weighted by Gasteiger charge is 2.22. The molecule has 0 aromatic heterocycles. The molecule has 2 atom stereocenters. The monoisotopic (exact) mass is 304 g/mol. The molecule has 2 N–H and O–H groups in total. The van der Waals surface area contributed by atoms with Crippen LogP contribution in [0, 0.1) is 5.92 Å². The highest BCUT2D eigenvalue weighted by Crippen LogP contribution is 2.23. The van der Waals surface area contributed by atoms with Gasteiger partial charge in [-0.05, 0) is 49.9 Å². The van der Waals surface area contributed by atoms with E-state index in [9.17, 15) is 9.59 Å². The minimum atomic E-state index is -0.352. The second-order valence-corrected chi connectivity index (χ2v) is 5.76. The summed E-state index contributed by atoms with van der Waals surface area (Å²) < 4.78 is 4.92. The van der Waals surface area contributed by atoms with Crippen molar-refractivity contribution in [2.75, 3.05) is 11.9 Å². The third-order valence-corrected chi connectivity index (χ3v) is 4.08. The van der Waals surface area contributed by atoms with Crippen LogP contribution in [0.25, 0.3) is 0 Å². The Kier molecular flexibility index (Phi) is 5.81. The molecule has 1 aliphatic carbocycles. The van der Waals surface area contributed by atoms with E-state index in [1.165, 1.54) is 19.3 Å². The fourth-order valence-electron chi connectivity index (χ4n) is 2.77. The normalized spacial score (nSPS) is 21.0. The van der Waals surface area contributed by atoms with Gasteiger partial charge >= 0.3 is 12.0 Å². The molecule has 5 heteroatoms. The second-order valence-electron chi connectivity index (χ2n) is 5.76. The molecule has 1 saturated carbocycles. The maximum atomic E-state index is 12.0. The predicted octanol–water partition coefficient (Wildman–Crippen LogP) is 3.56. The maximum Gasteiger partial charge on any atom is 0.338 e. The van der Waals surface area contributed by atoms with Crippen LogP contribution in [-0.4, -0.2) is 24.6 Å². The van der Waals surface area contributed by atoms with Gasteiger partial charge < -0.3 is 15.4 Å². The first-order chi connectivity index (χ1) is 10.6. The minimum absolute atomic E-state index is 0.192. The zero-order valence-corrected chi connectivity index (χ0v) is 13.2. The fraction of sp³-hybridized carbons (Fsp3) is 0.529. The van der Waals surface area contributed by atoms with E-state index in [2.05, 4.69) is 17.6 Å². The van der Waals surface area contributed by atoms with Crippen LogP contribution < -0.4 is 10.6 Å². The lowest BCUT2D eigenvalue weighted by atomic mass is 9.86. The highest BCUT2D eigenvalue weighted by atomic mass is 16.5. The summed E-state index contributed by atoms with van der Waals surface area (Å²) in [6.45, 7) is 4.30. The molecule has 0 heterocycles. The van der Waals surface area contributed by atoms with Crippen LogP contribution in [-0.2, 0) is 4.74 Å². The van der Waals surface area contributed by atoms with Gasteiger partial charge in [0.25, 0.3) is 0 Å². The van der Waals surface area contributed by atoms with Crippen molar-refractivity contribution in [3.05, 3.63) is 29.8 Å². The molecule has 2 rings (SSSR count). The third-order valence-electron chi connectivity index (χ3n) is 4.08. The molecule has 1 fully saturated rings. The number of nitrogens with one attached hydrogen (secondary N) is 2. The van der Waals surface area contributed by atoms with Crippen molar-refractivity contribution in [2.24, 2.45) is 5.92 Å². The predicted molar refractivity (Wildman–Crippen MR) is 86.0 cm³/mol. The summed E-state index contributed by atoms with van der Waals surface area (Å²) in [5.74, 6) is 0.167. The second kappa shape index (κ2) is 7.82. The number of anilines is 1. The zero-order chi connectivity index (χ0) is 15.9. The van der Waals surface area contributed by atoms with Gasteiger partial charge in [0.15, 0.2) is 0 Å². The van der Waals surface area contributed by atoms with Crippen molar-refractivity contribution in [3.63, 3.8) is 0 Å². The smallest absolute Gasteiger partial charge is 0.338 e. The van der Waals surface area contributed by atoms with Gasteiger partial charge in [-0.2, -0.15) is 0 Å². The first-order valence-corrected chi connectivity index (χ1v) is 7.95. The van der Waals surface area contributed by atoms with Crippen molar-refractivity contribution < 1.29 is 14.3 Å². The molecule has 1 aromatic rings. The van der Waals surface area contributed by atoms with Crippen LogP contribution in [0.1, 0.15) is 49.9 Å². The van der Waals surface area contributed by atoms with E-state index in [0.29, 0.717) is 23.8 Å². The quantitative estimate of drug-likeness (QED) is 0.836. The summed E-state index contributed by atoms with van der Waals surface area (Å²) in [6.07, 6.45) is 4.62. The number of esters is 1. The molecule has 0 unspecified atom stereocenters. The fourth-order valence-corrected chi connectivity index (χ4v) is 2.77. The molecule has 2 amide bonds. The topological polar surface area (TPSA) is 67.4 Å². The van der Waals surface area contributed by atoms with E-state index >= 15 is 0 Å². The summed E-state index contributed by atoms with van der Waals surface area (Å²) in [5.41, 5.74) is 1.14. The van der Waals surface area contributed by atoms with Gasteiger partial charge in [0.05, 0.1) is 12.2 Å². The number of benzene rings is 1. The van der Waals surface area contributed by atoms with E-state index in [1.54, 1.807) is 31.2 Å². The van der Waals surface area contributed by atoms with Crippen molar-refractivity contribution in [1.82, 2.24) is 5.32 Å². The average Bonchev–Trinajstić information content (AvgIpc) is 2.50. The molecule has 0 spiro atoms. The van der Waals surface area contributed by atoms with Crippen molar-refractivity contribution in [3.8, 4) is 0 Å². The molecule has 0 aliphatic heterocycles. The van der Waals surface area contributed by atoms with Crippen LogP contribution in [0.2, 0.25) is 0 Å². The molecule has 1 aromatic carbocycles. The highest BCUT2D eigenvalue weighted by molar-refractivity contribution is 5.92. The molecule has 5 nitrogen and oxygen atoms in total. The number of amides is 2. The van der Waals surface area contributed by atoms with Gasteiger partial charge in [0.2, 0.25) is 0 Å². The lowest BCUT2D eigenvalue weighted by Crippen LogP contribution is -2.43. The summed E-state index contributed by atoms with van der Waals surface area (Å²) >= 11 is 0. The van der Waals surface area contributed by atoms with Crippen molar-refractivity contribution in [2.45, 2.75) is 45.6 Å². The summed E-state index contributed by atoms with van der Waals surface area (Å²) in [6, 6.07) is 6.76.